The highest BCUT2D eigenvalue weighted by Gasteiger charge is 2.24. The van der Waals surface area contributed by atoms with E-state index in [-0.39, 0.29) is 17.7 Å². The van der Waals surface area contributed by atoms with Gasteiger partial charge in [0.05, 0.1) is 18.1 Å². The summed E-state index contributed by atoms with van der Waals surface area (Å²) in [7, 11) is 1.69. The van der Waals surface area contributed by atoms with Crippen LogP contribution in [0.5, 0.6) is 5.88 Å². The molecule has 7 nitrogen and oxygen atoms in total. The first-order valence-corrected chi connectivity index (χ1v) is 5.28. The average Bonchev–Trinajstić information content (AvgIpc) is 2.81. The predicted octanol–water partition coefficient (Wildman–Crippen LogP) is 1.20. The van der Waals surface area contributed by atoms with Gasteiger partial charge in [0.15, 0.2) is 0 Å². The summed E-state index contributed by atoms with van der Waals surface area (Å²) in [6.45, 7) is 1.06. The van der Waals surface area contributed by atoms with E-state index in [0.717, 1.165) is 6.42 Å². The standard InChI is InChI=1S/C10H13N3O4/c1-11-9-3-2-8(13(14)15)10(12-9)17-7-4-5-16-6-7/h2-3,7H,4-6H2,1H3,(H,11,12). The summed E-state index contributed by atoms with van der Waals surface area (Å²) in [5, 5.41) is 13.6. The van der Waals surface area contributed by atoms with Crippen molar-refractivity contribution in [1.82, 2.24) is 4.98 Å². The largest absolute Gasteiger partial charge is 0.467 e. The minimum atomic E-state index is -0.502. The van der Waals surface area contributed by atoms with Crippen molar-refractivity contribution in [3.63, 3.8) is 0 Å². The summed E-state index contributed by atoms with van der Waals surface area (Å²) >= 11 is 0. The zero-order valence-corrected chi connectivity index (χ0v) is 9.38. The van der Waals surface area contributed by atoms with Gasteiger partial charge in [-0.1, -0.05) is 0 Å². The fourth-order valence-corrected chi connectivity index (χ4v) is 1.56. The molecule has 1 aromatic heterocycles. The first-order chi connectivity index (χ1) is 8.20. The number of aromatic nitrogens is 1. The molecule has 0 radical (unpaired) electrons. The molecule has 1 aromatic rings. The Bertz CT molecular complexity index is 418. The van der Waals surface area contributed by atoms with Gasteiger partial charge < -0.3 is 14.8 Å². The highest BCUT2D eigenvalue weighted by Crippen LogP contribution is 2.28. The van der Waals surface area contributed by atoms with Crippen LogP contribution in [-0.2, 0) is 4.74 Å². The Hall–Kier alpha value is -1.89. The molecule has 1 saturated heterocycles. The van der Waals surface area contributed by atoms with E-state index < -0.39 is 4.92 Å². The zero-order valence-electron chi connectivity index (χ0n) is 9.38. The van der Waals surface area contributed by atoms with Gasteiger partial charge in [0.25, 0.3) is 5.88 Å². The maximum Gasteiger partial charge on any atom is 0.331 e. The van der Waals surface area contributed by atoms with E-state index in [1.54, 1.807) is 7.05 Å². The topological polar surface area (TPSA) is 86.5 Å². The van der Waals surface area contributed by atoms with Crippen LogP contribution in [0.25, 0.3) is 0 Å². The van der Waals surface area contributed by atoms with Gasteiger partial charge >= 0.3 is 5.69 Å². The van der Waals surface area contributed by atoms with Gasteiger partial charge in [0, 0.05) is 19.5 Å². The van der Waals surface area contributed by atoms with Gasteiger partial charge in [-0.15, -0.1) is 0 Å². The molecule has 1 N–H and O–H groups in total. The monoisotopic (exact) mass is 239 g/mol. The second-order valence-corrected chi connectivity index (χ2v) is 3.63. The van der Waals surface area contributed by atoms with Gasteiger partial charge in [-0.25, -0.2) is 0 Å². The third kappa shape index (κ3) is 2.62. The lowest BCUT2D eigenvalue weighted by atomic mass is 10.3. The molecule has 0 saturated carbocycles. The van der Waals surface area contributed by atoms with E-state index >= 15 is 0 Å². The zero-order chi connectivity index (χ0) is 12.3. The molecule has 1 unspecified atom stereocenters. The molecular formula is C10H13N3O4. The minimum absolute atomic E-state index is 0.0392. The van der Waals surface area contributed by atoms with Crippen molar-refractivity contribution in [3.05, 3.63) is 22.2 Å². The molecule has 17 heavy (non-hydrogen) atoms. The van der Waals surface area contributed by atoms with Crippen LogP contribution < -0.4 is 10.1 Å². The number of nitro groups is 1. The molecule has 2 heterocycles. The van der Waals surface area contributed by atoms with Crippen molar-refractivity contribution in [2.75, 3.05) is 25.6 Å². The van der Waals surface area contributed by atoms with E-state index in [1.165, 1.54) is 12.1 Å². The second-order valence-electron chi connectivity index (χ2n) is 3.63. The number of nitrogens with one attached hydrogen (secondary N) is 1. The van der Waals surface area contributed by atoms with Gasteiger partial charge in [0.1, 0.15) is 11.9 Å². The van der Waals surface area contributed by atoms with Crippen molar-refractivity contribution >= 4 is 11.5 Å². The Morgan fingerprint density at radius 2 is 2.47 bits per heavy atom. The summed E-state index contributed by atoms with van der Waals surface area (Å²) in [6.07, 6.45) is 0.566. The molecule has 1 fully saturated rings. The van der Waals surface area contributed by atoms with Crippen molar-refractivity contribution in [2.24, 2.45) is 0 Å². The first-order valence-electron chi connectivity index (χ1n) is 5.28. The van der Waals surface area contributed by atoms with Gasteiger partial charge in [-0.3, -0.25) is 10.1 Å². The van der Waals surface area contributed by atoms with E-state index in [1.807, 2.05) is 0 Å². The van der Waals surface area contributed by atoms with Crippen LogP contribution in [0.4, 0.5) is 11.5 Å². The SMILES string of the molecule is CNc1ccc([N+](=O)[O-])c(OC2CCOC2)n1. The maximum absolute atomic E-state index is 10.8. The number of nitrogens with zero attached hydrogens (tertiary/aromatic N) is 2. The molecule has 1 aliphatic heterocycles. The summed E-state index contributed by atoms with van der Waals surface area (Å²) in [4.78, 5) is 14.4. The highest BCUT2D eigenvalue weighted by atomic mass is 16.6. The smallest absolute Gasteiger partial charge is 0.331 e. The molecule has 1 atom stereocenters. The van der Waals surface area contributed by atoms with E-state index in [9.17, 15) is 10.1 Å². The molecule has 92 valence electrons. The first kappa shape index (κ1) is 11.6. The number of pyridine rings is 1. The van der Waals surface area contributed by atoms with E-state index in [0.29, 0.717) is 19.0 Å². The lowest BCUT2D eigenvalue weighted by Crippen LogP contribution is -2.17. The van der Waals surface area contributed by atoms with Gasteiger partial charge in [0.2, 0.25) is 0 Å². The number of anilines is 1. The number of hydrogen-bond acceptors (Lipinski definition) is 6. The predicted molar refractivity (Wildman–Crippen MR) is 60.3 cm³/mol. The fraction of sp³-hybridized carbons (Fsp3) is 0.500. The van der Waals surface area contributed by atoms with Crippen LogP contribution in [0.15, 0.2) is 12.1 Å². The van der Waals surface area contributed by atoms with Crippen molar-refractivity contribution < 1.29 is 14.4 Å². The molecule has 1 aliphatic rings. The molecule has 0 aromatic carbocycles. The van der Waals surface area contributed by atoms with Crippen molar-refractivity contribution in [3.8, 4) is 5.88 Å². The van der Waals surface area contributed by atoms with Crippen LogP contribution in [0.2, 0.25) is 0 Å². The van der Waals surface area contributed by atoms with Crippen molar-refractivity contribution in [2.45, 2.75) is 12.5 Å². The third-order valence-electron chi connectivity index (χ3n) is 2.46. The Balaban J connectivity index is 2.24. The van der Waals surface area contributed by atoms with Crippen LogP contribution in [0.1, 0.15) is 6.42 Å². The fourth-order valence-electron chi connectivity index (χ4n) is 1.56. The van der Waals surface area contributed by atoms with Gasteiger partial charge in [-0.2, -0.15) is 4.98 Å². The lowest BCUT2D eigenvalue weighted by Gasteiger charge is -2.11. The Morgan fingerprint density at radius 1 is 1.65 bits per heavy atom. The average molecular weight is 239 g/mol. The lowest BCUT2D eigenvalue weighted by molar-refractivity contribution is -0.386. The van der Waals surface area contributed by atoms with E-state index in [2.05, 4.69) is 10.3 Å². The number of ether oxygens (including phenoxy) is 2. The van der Waals surface area contributed by atoms with Crippen LogP contribution in [0, 0.1) is 10.1 Å². The molecular weight excluding hydrogens is 226 g/mol. The van der Waals surface area contributed by atoms with Crippen LogP contribution >= 0.6 is 0 Å². The molecule has 7 heteroatoms. The summed E-state index contributed by atoms with van der Waals surface area (Å²) in [5.41, 5.74) is -0.129. The van der Waals surface area contributed by atoms with Crippen LogP contribution in [0.3, 0.4) is 0 Å². The molecule has 0 amide bonds. The minimum Gasteiger partial charge on any atom is -0.467 e. The summed E-state index contributed by atoms with van der Waals surface area (Å²) in [6, 6.07) is 2.92. The van der Waals surface area contributed by atoms with Crippen LogP contribution in [-0.4, -0.2) is 36.3 Å². The maximum atomic E-state index is 10.8. The Kier molecular flexibility index (Phi) is 3.38. The Labute approximate surface area is 97.9 Å². The number of hydrogen-bond donors (Lipinski definition) is 1. The molecule has 0 bridgehead atoms. The quantitative estimate of drug-likeness (QED) is 0.627. The normalized spacial score (nSPS) is 19.0. The molecule has 0 aliphatic carbocycles. The highest BCUT2D eigenvalue weighted by molar-refractivity contribution is 5.48. The summed E-state index contributed by atoms with van der Waals surface area (Å²) in [5.74, 6) is 0.571. The van der Waals surface area contributed by atoms with Crippen molar-refractivity contribution in [1.29, 1.82) is 0 Å². The molecule has 0 spiro atoms. The summed E-state index contributed by atoms with van der Waals surface area (Å²) < 4.78 is 10.6. The number of rotatable bonds is 4. The Morgan fingerprint density at radius 3 is 3.06 bits per heavy atom. The molecule has 2 rings (SSSR count). The van der Waals surface area contributed by atoms with Gasteiger partial charge in [-0.05, 0) is 6.07 Å². The third-order valence-corrected chi connectivity index (χ3v) is 2.46. The second kappa shape index (κ2) is 4.96. The van der Waals surface area contributed by atoms with E-state index in [4.69, 9.17) is 9.47 Å².